The minimum atomic E-state index is -2.74. The number of amides is 1. The third kappa shape index (κ3) is 2.47. The molecule has 118 valence electrons. The normalized spacial score (nSPS) is 22.9. The molecule has 1 heterocycles. The highest BCUT2D eigenvalue weighted by Crippen LogP contribution is 2.34. The van der Waals surface area contributed by atoms with Crippen LogP contribution in [0.5, 0.6) is 0 Å². The van der Waals surface area contributed by atoms with Crippen molar-refractivity contribution in [1.29, 1.82) is 5.39 Å². The molecule has 2 atom stereocenters. The number of nitrogens with zero attached hydrogens (tertiary/aromatic N) is 2. The van der Waals surface area contributed by atoms with Crippen LogP contribution in [0, 0.1) is 5.39 Å². The first-order chi connectivity index (χ1) is 11.6. The summed E-state index contributed by atoms with van der Waals surface area (Å²) in [6.07, 6.45) is 1.43. The summed E-state index contributed by atoms with van der Waals surface area (Å²) in [6, 6.07) is 15.4. The first-order valence-corrected chi connectivity index (χ1v) is 7.30. The molecule has 2 unspecified atom stereocenters. The molecule has 0 aliphatic carbocycles. The minimum absolute atomic E-state index is 0.106. The maximum Gasteiger partial charge on any atom is 0.346 e. The van der Waals surface area contributed by atoms with E-state index >= 15 is 0 Å². The van der Waals surface area contributed by atoms with Crippen LogP contribution in [-0.4, -0.2) is 17.3 Å². The van der Waals surface area contributed by atoms with E-state index in [1.54, 1.807) is 42.5 Å². The molecule has 0 radical (unpaired) electrons. The summed E-state index contributed by atoms with van der Waals surface area (Å²) in [5.74, 6) is -1.97. The van der Waals surface area contributed by atoms with Crippen molar-refractivity contribution < 1.29 is 14.7 Å². The Labute approximate surface area is 138 Å². The van der Waals surface area contributed by atoms with Gasteiger partial charge in [-0.15, -0.1) is 0 Å². The second kappa shape index (κ2) is 6.07. The van der Waals surface area contributed by atoms with Gasteiger partial charge in [-0.3, -0.25) is 9.59 Å². The Bertz CT molecular complexity index is 856. The second-order valence-corrected chi connectivity index (χ2v) is 5.42. The van der Waals surface area contributed by atoms with Crippen LogP contribution >= 0.6 is 0 Å². The predicted molar refractivity (Wildman–Crippen MR) is 84.6 cm³/mol. The molecule has 0 spiro atoms. The molecule has 24 heavy (non-hydrogen) atoms. The monoisotopic (exact) mass is 319 g/mol. The molecule has 0 aromatic heterocycles. The van der Waals surface area contributed by atoms with Crippen LogP contribution < -0.4 is 10.4 Å². The van der Waals surface area contributed by atoms with Crippen molar-refractivity contribution in [3.05, 3.63) is 82.5 Å². The van der Waals surface area contributed by atoms with Crippen LogP contribution in [-0.2, 0) is 9.59 Å². The molecule has 1 N–H and O–H groups in total. The minimum Gasteiger partial charge on any atom is -0.830 e. The summed E-state index contributed by atoms with van der Waals surface area (Å²) in [6.45, 7) is 0. The summed E-state index contributed by atoms with van der Waals surface area (Å²) in [4.78, 5) is 27.8. The predicted octanol–water partition coefficient (Wildman–Crippen LogP) is 1.42. The molecule has 1 fully saturated rings. The molecule has 2 aromatic rings. The fourth-order valence-corrected chi connectivity index (χ4v) is 2.66. The van der Waals surface area contributed by atoms with Gasteiger partial charge in [-0.25, -0.2) is 0 Å². The number of carbonyl (C=O) groups is 2. The van der Waals surface area contributed by atoms with E-state index in [4.69, 9.17) is 0 Å². The Hall–Kier alpha value is -3.30. The van der Waals surface area contributed by atoms with Gasteiger partial charge in [0.1, 0.15) is 10.6 Å². The molecular formula is C18H13N3O3. The van der Waals surface area contributed by atoms with Gasteiger partial charge in [0.2, 0.25) is 11.3 Å². The first-order valence-electron chi connectivity index (χ1n) is 7.30. The summed E-state index contributed by atoms with van der Waals surface area (Å²) in [5, 5.41) is 24.6. The average Bonchev–Trinajstić information content (AvgIpc) is 2.82. The van der Waals surface area contributed by atoms with Crippen LogP contribution in [0.25, 0.3) is 11.1 Å². The van der Waals surface area contributed by atoms with E-state index in [-0.39, 0.29) is 5.70 Å². The highest BCUT2D eigenvalue weighted by atomic mass is 16.3. The van der Waals surface area contributed by atoms with Gasteiger partial charge in [-0.2, -0.15) is 0 Å². The largest absolute Gasteiger partial charge is 0.830 e. The van der Waals surface area contributed by atoms with E-state index in [1.165, 1.54) is 18.2 Å². The zero-order valence-electron chi connectivity index (χ0n) is 12.5. The number of nitrogens with one attached hydrogen (secondary N) is 1. The van der Waals surface area contributed by atoms with Gasteiger partial charge in [0.25, 0.3) is 0 Å². The molecule has 6 heteroatoms. The maximum absolute atomic E-state index is 13.0. The van der Waals surface area contributed by atoms with Gasteiger partial charge in [0, 0.05) is 5.56 Å². The SMILES string of the molecule is N#[N+]C(c1ccccc1)C1([O-])C(=O)N/C(=C\c2ccccc2)C1=O. The van der Waals surface area contributed by atoms with Gasteiger partial charge >= 0.3 is 6.04 Å². The quantitative estimate of drug-likeness (QED) is 0.525. The third-order valence-electron chi connectivity index (χ3n) is 3.89. The topological polar surface area (TPSA) is 97.4 Å². The third-order valence-corrected chi connectivity index (χ3v) is 3.89. The summed E-state index contributed by atoms with van der Waals surface area (Å²) in [7, 11) is 0. The molecule has 6 nitrogen and oxygen atoms in total. The van der Waals surface area contributed by atoms with Crippen molar-refractivity contribution in [3.8, 4) is 0 Å². The van der Waals surface area contributed by atoms with Gasteiger partial charge in [0.15, 0.2) is 5.78 Å². The molecular weight excluding hydrogens is 306 g/mol. The number of rotatable bonds is 3. The average molecular weight is 319 g/mol. The van der Waals surface area contributed by atoms with Crippen LogP contribution in [0.3, 0.4) is 0 Å². The van der Waals surface area contributed by atoms with E-state index < -0.39 is 23.3 Å². The number of diazo groups is 1. The molecule has 1 saturated heterocycles. The Morgan fingerprint density at radius 3 is 2.21 bits per heavy atom. The van der Waals surface area contributed by atoms with E-state index in [0.717, 1.165) is 0 Å². The smallest absolute Gasteiger partial charge is 0.346 e. The Morgan fingerprint density at radius 1 is 1.04 bits per heavy atom. The Balaban J connectivity index is 2.02. The maximum atomic E-state index is 13.0. The van der Waals surface area contributed by atoms with Crippen molar-refractivity contribution in [3.63, 3.8) is 0 Å². The number of ketones is 1. The Morgan fingerprint density at radius 2 is 1.62 bits per heavy atom. The lowest BCUT2D eigenvalue weighted by molar-refractivity contribution is -0.440. The van der Waals surface area contributed by atoms with E-state index in [2.05, 4.69) is 10.3 Å². The molecule has 1 aliphatic rings. The summed E-state index contributed by atoms with van der Waals surface area (Å²) < 4.78 is 0. The molecule has 0 saturated carbocycles. The summed E-state index contributed by atoms with van der Waals surface area (Å²) >= 11 is 0. The first kappa shape index (κ1) is 15.6. The van der Waals surface area contributed by atoms with Crippen molar-refractivity contribution in [2.24, 2.45) is 0 Å². The zero-order chi connectivity index (χ0) is 17.2. The molecule has 1 aliphatic heterocycles. The zero-order valence-corrected chi connectivity index (χ0v) is 12.5. The van der Waals surface area contributed by atoms with Crippen molar-refractivity contribution in [2.45, 2.75) is 11.6 Å². The fourth-order valence-electron chi connectivity index (χ4n) is 2.66. The molecule has 0 bridgehead atoms. The number of benzene rings is 2. The highest BCUT2D eigenvalue weighted by molar-refractivity contribution is 6.25. The van der Waals surface area contributed by atoms with Crippen LogP contribution in [0.15, 0.2) is 66.4 Å². The number of carbonyl (C=O) groups excluding carboxylic acids is 2. The number of hydrogen-bond acceptors (Lipinski definition) is 4. The van der Waals surface area contributed by atoms with Crippen molar-refractivity contribution >= 4 is 17.8 Å². The second-order valence-electron chi connectivity index (χ2n) is 5.42. The van der Waals surface area contributed by atoms with Crippen LogP contribution in [0.2, 0.25) is 0 Å². The highest BCUT2D eigenvalue weighted by Gasteiger charge is 2.56. The lowest BCUT2D eigenvalue weighted by atomic mass is 9.86. The number of Topliss-reactive ketones (excluding diaryl/α,β-unsaturated/α-hetero) is 1. The molecule has 1 amide bonds. The van der Waals surface area contributed by atoms with E-state index in [0.29, 0.717) is 11.1 Å². The summed E-state index contributed by atoms with van der Waals surface area (Å²) in [5.41, 5.74) is -1.88. The number of hydrogen-bond donors (Lipinski definition) is 1. The van der Waals surface area contributed by atoms with E-state index in [9.17, 15) is 20.1 Å². The van der Waals surface area contributed by atoms with Gasteiger partial charge in [-0.1, -0.05) is 60.7 Å². The Kier molecular flexibility index (Phi) is 3.94. The van der Waals surface area contributed by atoms with Crippen molar-refractivity contribution in [2.75, 3.05) is 0 Å². The van der Waals surface area contributed by atoms with Crippen LogP contribution in [0.1, 0.15) is 17.2 Å². The van der Waals surface area contributed by atoms with Crippen LogP contribution in [0.4, 0.5) is 0 Å². The van der Waals surface area contributed by atoms with Gasteiger partial charge in [-0.05, 0) is 11.6 Å². The molecule has 2 aromatic carbocycles. The lowest BCUT2D eigenvalue weighted by Gasteiger charge is -2.27. The fraction of sp³-hybridized carbons (Fsp3) is 0.111. The molecule has 3 rings (SSSR count). The van der Waals surface area contributed by atoms with Gasteiger partial charge < -0.3 is 10.4 Å². The van der Waals surface area contributed by atoms with Gasteiger partial charge in [0.05, 0.1) is 5.70 Å². The standard InChI is InChI=1S/C18H13N3O3/c19-21-15(13-9-5-2-6-10-13)18(24)16(22)14(20-17(18)23)11-12-7-3-1-4-8-12/h1-11,15H,(H,20,23)/b14-11-. The van der Waals surface area contributed by atoms with E-state index in [1.807, 2.05) is 6.07 Å². The lowest BCUT2D eigenvalue weighted by Crippen LogP contribution is -2.58. The van der Waals surface area contributed by atoms with Crippen molar-refractivity contribution in [1.82, 2.24) is 5.32 Å².